The molecule has 2 amide bonds. The summed E-state index contributed by atoms with van der Waals surface area (Å²) in [6.07, 6.45) is 0. The molecule has 0 fully saturated rings. The highest BCUT2D eigenvalue weighted by atomic mass is 16.2. The minimum absolute atomic E-state index is 0.110. The van der Waals surface area contributed by atoms with Crippen molar-refractivity contribution in [3.8, 4) is 0 Å². The van der Waals surface area contributed by atoms with Gasteiger partial charge in [0, 0.05) is 37.0 Å². The van der Waals surface area contributed by atoms with Crippen molar-refractivity contribution in [2.24, 2.45) is 0 Å². The first kappa shape index (κ1) is 17.7. The molecular formula is C19H23N3O2. The van der Waals surface area contributed by atoms with Crippen LogP contribution < -0.4 is 10.2 Å². The third-order valence-corrected chi connectivity index (χ3v) is 3.69. The van der Waals surface area contributed by atoms with Gasteiger partial charge < -0.3 is 15.1 Å². The smallest absolute Gasteiger partial charge is 0.258 e. The molecule has 5 nitrogen and oxygen atoms in total. The summed E-state index contributed by atoms with van der Waals surface area (Å²) >= 11 is 0. The van der Waals surface area contributed by atoms with Gasteiger partial charge in [0.2, 0.25) is 0 Å². The standard InChI is InChI=1S/C19H23N3O2/c1-21(2)14-13-20-18(23)15-9-11-16(12-10-15)19(24)22(3)17-7-5-4-6-8-17/h4-12H,13-14H2,1-3H3,(H,20,23). The first-order valence-electron chi connectivity index (χ1n) is 7.85. The molecule has 24 heavy (non-hydrogen) atoms. The van der Waals surface area contributed by atoms with E-state index >= 15 is 0 Å². The van der Waals surface area contributed by atoms with E-state index in [4.69, 9.17) is 0 Å². The summed E-state index contributed by atoms with van der Waals surface area (Å²) in [5.74, 6) is -0.243. The Labute approximate surface area is 142 Å². The first-order valence-corrected chi connectivity index (χ1v) is 7.85. The molecule has 5 heteroatoms. The monoisotopic (exact) mass is 325 g/mol. The zero-order valence-electron chi connectivity index (χ0n) is 14.3. The molecule has 0 aromatic heterocycles. The third kappa shape index (κ3) is 4.67. The normalized spacial score (nSPS) is 10.5. The molecule has 0 atom stereocenters. The summed E-state index contributed by atoms with van der Waals surface area (Å²) in [6.45, 7) is 1.37. The second-order valence-electron chi connectivity index (χ2n) is 5.84. The minimum atomic E-state index is -0.132. The summed E-state index contributed by atoms with van der Waals surface area (Å²) in [6, 6.07) is 16.2. The molecule has 0 heterocycles. The van der Waals surface area contributed by atoms with Gasteiger partial charge in [-0.25, -0.2) is 0 Å². The Morgan fingerprint density at radius 1 is 0.875 bits per heavy atom. The number of anilines is 1. The van der Waals surface area contributed by atoms with E-state index in [1.54, 1.807) is 36.2 Å². The van der Waals surface area contributed by atoms with Crippen LogP contribution in [-0.2, 0) is 0 Å². The van der Waals surface area contributed by atoms with Crippen LogP contribution in [-0.4, -0.2) is 50.9 Å². The van der Waals surface area contributed by atoms with Gasteiger partial charge in [0.25, 0.3) is 11.8 Å². The van der Waals surface area contributed by atoms with E-state index in [9.17, 15) is 9.59 Å². The van der Waals surface area contributed by atoms with Crippen LogP contribution in [0.3, 0.4) is 0 Å². The number of likely N-dealkylation sites (N-methyl/N-ethyl adjacent to an activating group) is 1. The molecule has 0 spiro atoms. The molecule has 1 N–H and O–H groups in total. The van der Waals surface area contributed by atoms with Gasteiger partial charge in [0.15, 0.2) is 0 Å². The second kappa shape index (κ2) is 8.26. The Morgan fingerprint density at radius 3 is 2.04 bits per heavy atom. The van der Waals surface area contributed by atoms with Crippen molar-refractivity contribution >= 4 is 17.5 Å². The van der Waals surface area contributed by atoms with Crippen molar-refractivity contribution in [2.45, 2.75) is 0 Å². The zero-order valence-corrected chi connectivity index (χ0v) is 14.3. The average molecular weight is 325 g/mol. The van der Waals surface area contributed by atoms with E-state index in [1.807, 2.05) is 49.3 Å². The highest BCUT2D eigenvalue weighted by Crippen LogP contribution is 2.15. The molecular weight excluding hydrogens is 302 g/mol. The van der Waals surface area contributed by atoms with Crippen molar-refractivity contribution < 1.29 is 9.59 Å². The molecule has 0 unspecified atom stereocenters. The Morgan fingerprint density at radius 2 is 1.46 bits per heavy atom. The molecule has 0 aliphatic carbocycles. The highest BCUT2D eigenvalue weighted by Gasteiger charge is 2.14. The SMILES string of the molecule is CN(C)CCNC(=O)c1ccc(C(=O)N(C)c2ccccc2)cc1. The van der Waals surface area contributed by atoms with E-state index in [0.29, 0.717) is 17.7 Å². The number of nitrogens with zero attached hydrogens (tertiary/aromatic N) is 2. The molecule has 0 aliphatic rings. The van der Waals surface area contributed by atoms with Gasteiger partial charge in [-0.15, -0.1) is 0 Å². The Balaban J connectivity index is 2.01. The van der Waals surface area contributed by atoms with Gasteiger partial charge in [-0.1, -0.05) is 18.2 Å². The molecule has 126 valence electrons. The van der Waals surface area contributed by atoms with E-state index in [0.717, 1.165) is 12.2 Å². The lowest BCUT2D eigenvalue weighted by molar-refractivity contribution is 0.0948. The Hall–Kier alpha value is -2.66. The number of hydrogen-bond donors (Lipinski definition) is 1. The van der Waals surface area contributed by atoms with Gasteiger partial charge in [0.1, 0.15) is 0 Å². The summed E-state index contributed by atoms with van der Waals surface area (Å²) in [5, 5.41) is 2.85. The maximum atomic E-state index is 12.5. The number of amides is 2. The fourth-order valence-electron chi connectivity index (χ4n) is 2.22. The summed E-state index contributed by atoms with van der Waals surface area (Å²) in [5.41, 5.74) is 1.92. The van der Waals surface area contributed by atoms with Crippen LogP contribution in [0.15, 0.2) is 54.6 Å². The van der Waals surface area contributed by atoms with Crippen LogP contribution in [0.25, 0.3) is 0 Å². The number of hydrogen-bond acceptors (Lipinski definition) is 3. The lowest BCUT2D eigenvalue weighted by Gasteiger charge is -2.17. The Kier molecular flexibility index (Phi) is 6.09. The molecule has 2 aromatic carbocycles. The molecule has 0 aliphatic heterocycles. The zero-order chi connectivity index (χ0) is 17.5. The second-order valence-corrected chi connectivity index (χ2v) is 5.84. The van der Waals surface area contributed by atoms with Crippen molar-refractivity contribution in [3.63, 3.8) is 0 Å². The fourth-order valence-corrected chi connectivity index (χ4v) is 2.22. The number of carbonyl (C=O) groups excluding carboxylic acids is 2. The average Bonchev–Trinajstić information content (AvgIpc) is 2.61. The van der Waals surface area contributed by atoms with Crippen molar-refractivity contribution in [2.75, 3.05) is 39.1 Å². The van der Waals surface area contributed by atoms with Gasteiger partial charge in [-0.3, -0.25) is 9.59 Å². The maximum absolute atomic E-state index is 12.5. The van der Waals surface area contributed by atoms with Gasteiger partial charge in [-0.2, -0.15) is 0 Å². The minimum Gasteiger partial charge on any atom is -0.351 e. The molecule has 0 saturated carbocycles. The van der Waals surface area contributed by atoms with Gasteiger partial charge in [0.05, 0.1) is 0 Å². The largest absolute Gasteiger partial charge is 0.351 e. The molecule has 2 rings (SSSR count). The number of rotatable bonds is 6. The number of nitrogens with one attached hydrogen (secondary N) is 1. The van der Waals surface area contributed by atoms with Crippen LogP contribution in [0, 0.1) is 0 Å². The predicted octanol–water partition coefficient (Wildman–Crippen LogP) is 2.25. The van der Waals surface area contributed by atoms with E-state index in [-0.39, 0.29) is 11.8 Å². The first-order chi connectivity index (χ1) is 11.5. The summed E-state index contributed by atoms with van der Waals surface area (Å²) in [7, 11) is 5.64. The maximum Gasteiger partial charge on any atom is 0.258 e. The molecule has 0 radical (unpaired) electrons. The number of benzene rings is 2. The molecule has 2 aromatic rings. The lowest BCUT2D eigenvalue weighted by atomic mass is 10.1. The van der Waals surface area contributed by atoms with Gasteiger partial charge in [-0.05, 0) is 50.5 Å². The van der Waals surface area contributed by atoms with E-state index in [1.165, 1.54) is 0 Å². The highest BCUT2D eigenvalue weighted by molar-refractivity contribution is 6.06. The predicted molar refractivity (Wildman–Crippen MR) is 96.5 cm³/mol. The topological polar surface area (TPSA) is 52.7 Å². The third-order valence-electron chi connectivity index (χ3n) is 3.69. The van der Waals surface area contributed by atoms with Crippen LogP contribution in [0.5, 0.6) is 0 Å². The molecule has 0 bridgehead atoms. The molecule has 0 saturated heterocycles. The summed E-state index contributed by atoms with van der Waals surface area (Å²) in [4.78, 5) is 28.1. The van der Waals surface area contributed by atoms with Crippen molar-refractivity contribution in [1.82, 2.24) is 10.2 Å². The van der Waals surface area contributed by atoms with Crippen molar-refractivity contribution in [3.05, 3.63) is 65.7 Å². The van der Waals surface area contributed by atoms with Crippen LogP contribution >= 0.6 is 0 Å². The van der Waals surface area contributed by atoms with E-state index < -0.39 is 0 Å². The fraction of sp³-hybridized carbons (Fsp3) is 0.263. The van der Waals surface area contributed by atoms with E-state index in [2.05, 4.69) is 5.32 Å². The van der Waals surface area contributed by atoms with Crippen molar-refractivity contribution in [1.29, 1.82) is 0 Å². The van der Waals surface area contributed by atoms with Gasteiger partial charge >= 0.3 is 0 Å². The van der Waals surface area contributed by atoms with Crippen LogP contribution in [0.2, 0.25) is 0 Å². The van der Waals surface area contributed by atoms with Crippen LogP contribution in [0.1, 0.15) is 20.7 Å². The quantitative estimate of drug-likeness (QED) is 0.886. The number of para-hydroxylation sites is 1. The summed E-state index contributed by atoms with van der Waals surface area (Å²) < 4.78 is 0. The number of carbonyl (C=O) groups is 2. The van der Waals surface area contributed by atoms with Crippen LogP contribution in [0.4, 0.5) is 5.69 Å². The Bertz CT molecular complexity index is 682. The lowest BCUT2D eigenvalue weighted by Crippen LogP contribution is -2.31.